The van der Waals surface area contributed by atoms with Crippen LogP contribution in [0, 0.1) is 0 Å². The molecule has 0 fully saturated rings. The molecule has 5 rings (SSSR count). The minimum absolute atomic E-state index is 0.139. The summed E-state index contributed by atoms with van der Waals surface area (Å²) in [7, 11) is 3.37. The van der Waals surface area contributed by atoms with E-state index in [1.165, 1.54) is 33.6 Å². The predicted octanol–water partition coefficient (Wildman–Crippen LogP) is 3.51. The fraction of sp³-hybridized carbons (Fsp3) is 0.136. The lowest BCUT2D eigenvalue weighted by atomic mass is 10.1. The Morgan fingerprint density at radius 2 is 1.97 bits per heavy atom. The van der Waals surface area contributed by atoms with Crippen LogP contribution in [-0.4, -0.2) is 46.7 Å². The first-order valence-corrected chi connectivity index (χ1v) is 10.3. The second-order valence-corrected chi connectivity index (χ2v) is 7.43. The molecule has 1 N–H and O–H groups in total. The van der Waals surface area contributed by atoms with Crippen molar-refractivity contribution in [3.05, 3.63) is 66.9 Å². The number of rotatable bonds is 7. The van der Waals surface area contributed by atoms with Gasteiger partial charge in [0.05, 0.1) is 17.4 Å². The molecule has 0 unspecified atom stereocenters. The molecule has 13 heteroatoms. The summed E-state index contributed by atoms with van der Waals surface area (Å²) in [5.41, 5.74) is 1.25. The monoisotopic (exact) mass is 480 g/mol. The van der Waals surface area contributed by atoms with E-state index < -0.39 is 12.5 Å². The number of halogens is 2. The van der Waals surface area contributed by atoms with Crippen molar-refractivity contribution in [1.29, 1.82) is 0 Å². The SMILES string of the molecule is Cn1ccc(Oc2ccc(OC(F)F)c(-c3nn(C)cc3NC(=O)c3cnn4cccnc34)c2)n1. The summed E-state index contributed by atoms with van der Waals surface area (Å²) in [6, 6.07) is 7.64. The van der Waals surface area contributed by atoms with Crippen LogP contribution in [0.3, 0.4) is 0 Å². The zero-order chi connectivity index (χ0) is 24.5. The zero-order valence-electron chi connectivity index (χ0n) is 18.5. The standard InChI is InChI=1S/C22H18F2N8O3/c1-30-9-6-18(28-30)34-13-4-5-17(35-22(23)24)14(10-13)19-16(12-31(2)29-19)27-21(33)15-11-26-32-8-3-7-25-20(15)32/h3-12,22H,1-2H3,(H,27,33). The Morgan fingerprint density at radius 1 is 1.11 bits per heavy atom. The molecule has 0 aliphatic heterocycles. The number of nitrogens with one attached hydrogen (secondary N) is 1. The van der Waals surface area contributed by atoms with Crippen LogP contribution in [0.15, 0.2) is 61.3 Å². The van der Waals surface area contributed by atoms with E-state index >= 15 is 0 Å². The molecule has 0 saturated carbocycles. The normalized spacial score (nSPS) is 11.2. The lowest BCUT2D eigenvalue weighted by Crippen LogP contribution is -2.12. The highest BCUT2D eigenvalue weighted by Gasteiger charge is 2.22. The summed E-state index contributed by atoms with van der Waals surface area (Å²) in [5.74, 6) is -0.00317. The van der Waals surface area contributed by atoms with Gasteiger partial charge in [0.15, 0.2) is 5.65 Å². The molecule has 1 amide bonds. The Morgan fingerprint density at radius 3 is 2.74 bits per heavy atom. The van der Waals surface area contributed by atoms with Crippen molar-refractivity contribution in [3.63, 3.8) is 0 Å². The first kappa shape index (κ1) is 22.0. The summed E-state index contributed by atoms with van der Waals surface area (Å²) in [6.45, 7) is -3.07. The van der Waals surface area contributed by atoms with Crippen LogP contribution in [0.5, 0.6) is 17.4 Å². The second kappa shape index (κ2) is 8.85. The van der Waals surface area contributed by atoms with Gasteiger partial charge in [0.1, 0.15) is 22.8 Å². The number of hydrogen-bond donors (Lipinski definition) is 1. The molecular weight excluding hydrogens is 462 g/mol. The zero-order valence-corrected chi connectivity index (χ0v) is 18.5. The number of alkyl halides is 2. The minimum atomic E-state index is -3.07. The largest absolute Gasteiger partial charge is 0.438 e. The number of amides is 1. The molecule has 0 bridgehead atoms. The van der Waals surface area contributed by atoms with Crippen molar-refractivity contribution >= 4 is 17.2 Å². The van der Waals surface area contributed by atoms with E-state index in [4.69, 9.17) is 9.47 Å². The van der Waals surface area contributed by atoms with Gasteiger partial charge in [0, 0.05) is 44.9 Å². The molecule has 5 aromatic rings. The Hall–Kier alpha value is -4.81. The van der Waals surface area contributed by atoms with Crippen molar-refractivity contribution in [1.82, 2.24) is 34.2 Å². The number of aromatic nitrogens is 7. The molecule has 1 aromatic carbocycles. The van der Waals surface area contributed by atoms with Gasteiger partial charge in [0.25, 0.3) is 5.91 Å². The average molecular weight is 480 g/mol. The van der Waals surface area contributed by atoms with Crippen LogP contribution in [0.4, 0.5) is 14.5 Å². The Bertz CT molecular complexity index is 1520. The maximum absolute atomic E-state index is 13.1. The van der Waals surface area contributed by atoms with Crippen molar-refractivity contribution < 1.29 is 23.0 Å². The van der Waals surface area contributed by atoms with Crippen LogP contribution in [0.25, 0.3) is 16.9 Å². The van der Waals surface area contributed by atoms with Crippen molar-refractivity contribution in [3.8, 4) is 28.6 Å². The van der Waals surface area contributed by atoms with Crippen LogP contribution in [-0.2, 0) is 14.1 Å². The van der Waals surface area contributed by atoms with Gasteiger partial charge in [-0.3, -0.25) is 14.2 Å². The van der Waals surface area contributed by atoms with Gasteiger partial charge >= 0.3 is 6.61 Å². The third kappa shape index (κ3) is 4.51. The lowest BCUT2D eigenvalue weighted by molar-refractivity contribution is -0.0494. The van der Waals surface area contributed by atoms with Crippen LogP contribution >= 0.6 is 0 Å². The Kier molecular flexibility index (Phi) is 5.57. The van der Waals surface area contributed by atoms with Crippen LogP contribution in [0.1, 0.15) is 10.4 Å². The molecule has 0 spiro atoms. The van der Waals surface area contributed by atoms with E-state index in [2.05, 4.69) is 25.6 Å². The molecule has 0 saturated heterocycles. The van der Waals surface area contributed by atoms with Crippen molar-refractivity contribution in [2.24, 2.45) is 14.1 Å². The summed E-state index contributed by atoms with van der Waals surface area (Å²) in [4.78, 5) is 17.2. The second-order valence-electron chi connectivity index (χ2n) is 7.43. The minimum Gasteiger partial charge on any atom is -0.438 e. The van der Waals surface area contributed by atoms with Gasteiger partial charge in [-0.25, -0.2) is 9.50 Å². The first-order chi connectivity index (χ1) is 16.9. The molecule has 0 aliphatic rings. The highest BCUT2D eigenvalue weighted by atomic mass is 19.3. The molecule has 0 atom stereocenters. The fourth-order valence-corrected chi connectivity index (χ4v) is 3.48. The van der Waals surface area contributed by atoms with Crippen molar-refractivity contribution in [2.75, 3.05) is 5.32 Å². The average Bonchev–Trinajstić information content (AvgIpc) is 3.52. The smallest absolute Gasteiger partial charge is 0.387 e. The number of nitrogens with zero attached hydrogens (tertiary/aromatic N) is 7. The molecule has 4 heterocycles. The number of anilines is 1. The molecular formula is C22H18F2N8O3. The van der Waals surface area contributed by atoms with Gasteiger partial charge in [-0.2, -0.15) is 19.0 Å². The van der Waals surface area contributed by atoms with E-state index in [-0.39, 0.29) is 28.3 Å². The van der Waals surface area contributed by atoms with Gasteiger partial charge in [-0.15, -0.1) is 5.10 Å². The van der Waals surface area contributed by atoms with E-state index in [1.54, 1.807) is 55.7 Å². The number of hydrogen-bond acceptors (Lipinski definition) is 7. The maximum Gasteiger partial charge on any atom is 0.387 e. The molecule has 11 nitrogen and oxygen atoms in total. The number of benzene rings is 1. The quantitative estimate of drug-likeness (QED) is 0.379. The molecule has 178 valence electrons. The number of aryl methyl sites for hydroxylation is 2. The third-order valence-corrected chi connectivity index (χ3v) is 4.93. The van der Waals surface area contributed by atoms with E-state index in [0.29, 0.717) is 17.3 Å². The lowest BCUT2D eigenvalue weighted by Gasteiger charge is -2.13. The highest BCUT2D eigenvalue weighted by Crippen LogP contribution is 2.38. The first-order valence-electron chi connectivity index (χ1n) is 10.3. The number of ether oxygens (including phenoxy) is 2. The van der Waals surface area contributed by atoms with Crippen LogP contribution in [0.2, 0.25) is 0 Å². The molecule has 4 aromatic heterocycles. The van der Waals surface area contributed by atoms with Gasteiger partial charge in [0.2, 0.25) is 5.88 Å². The highest BCUT2D eigenvalue weighted by molar-refractivity contribution is 6.09. The van der Waals surface area contributed by atoms with Gasteiger partial charge < -0.3 is 14.8 Å². The third-order valence-electron chi connectivity index (χ3n) is 4.93. The molecule has 0 aliphatic carbocycles. The maximum atomic E-state index is 13.1. The molecule has 35 heavy (non-hydrogen) atoms. The summed E-state index contributed by atoms with van der Waals surface area (Å²) in [5, 5.41) is 15.4. The Labute approximate surface area is 196 Å². The number of carbonyl (C=O) groups is 1. The van der Waals surface area contributed by atoms with Crippen LogP contribution < -0.4 is 14.8 Å². The van der Waals surface area contributed by atoms with E-state index in [1.807, 2.05) is 0 Å². The van der Waals surface area contributed by atoms with E-state index in [9.17, 15) is 13.6 Å². The fourth-order valence-electron chi connectivity index (χ4n) is 3.48. The summed E-state index contributed by atoms with van der Waals surface area (Å²) < 4.78 is 41.2. The van der Waals surface area contributed by atoms with Gasteiger partial charge in [-0.05, 0) is 24.3 Å². The predicted molar refractivity (Wildman–Crippen MR) is 119 cm³/mol. The number of carbonyl (C=O) groups excluding carboxylic acids is 1. The summed E-state index contributed by atoms with van der Waals surface area (Å²) in [6.07, 6.45) is 7.84. The number of fused-ring (bicyclic) bond motifs is 1. The summed E-state index contributed by atoms with van der Waals surface area (Å²) >= 11 is 0. The Balaban J connectivity index is 1.52. The van der Waals surface area contributed by atoms with Crippen molar-refractivity contribution in [2.45, 2.75) is 6.61 Å². The van der Waals surface area contributed by atoms with E-state index in [0.717, 1.165) is 0 Å². The van der Waals surface area contributed by atoms with Gasteiger partial charge in [-0.1, -0.05) is 0 Å². The molecule has 0 radical (unpaired) electrons. The topological polar surface area (TPSA) is 113 Å².